The van der Waals surface area contributed by atoms with Crippen LogP contribution in [0.25, 0.3) is 22.5 Å². The first-order chi connectivity index (χ1) is 17.3. The molecular weight excluding hydrogens is 464 g/mol. The lowest BCUT2D eigenvalue weighted by Crippen LogP contribution is -2.23. The van der Waals surface area contributed by atoms with Gasteiger partial charge in [-0.2, -0.15) is 0 Å². The molecule has 0 radical (unpaired) electrons. The summed E-state index contributed by atoms with van der Waals surface area (Å²) in [7, 11) is 1.82. The summed E-state index contributed by atoms with van der Waals surface area (Å²) in [6.45, 7) is 2.92. The molecule has 3 aromatic heterocycles. The van der Waals surface area contributed by atoms with Gasteiger partial charge < -0.3 is 29.4 Å². The van der Waals surface area contributed by atoms with Gasteiger partial charge in [-0.05, 0) is 37.6 Å². The maximum atomic E-state index is 13.2. The number of carboxylic acids is 1. The Morgan fingerprint density at radius 2 is 2.08 bits per heavy atom. The second-order valence-corrected chi connectivity index (χ2v) is 8.91. The highest BCUT2D eigenvalue weighted by atomic mass is 16.4. The maximum absolute atomic E-state index is 13.2. The molecule has 36 heavy (non-hydrogen) atoms. The Kier molecular flexibility index (Phi) is 6.15. The van der Waals surface area contributed by atoms with Crippen molar-refractivity contribution in [2.45, 2.75) is 32.3 Å². The molecule has 1 aliphatic heterocycles. The number of β-amino-alcohol motifs (C(OH)–C–C–N with tert-alkyl or cyclic N) is 1. The van der Waals surface area contributed by atoms with E-state index in [1.807, 2.05) is 41.6 Å². The third-order valence-electron chi connectivity index (χ3n) is 6.29. The summed E-state index contributed by atoms with van der Waals surface area (Å²) >= 11 is 0. The molecule has 3 N–H and O–H groups in total. The van der Waals surface area contributed by atoms with Crippen molar-refractivity contribution in [3.63, 3.8) is 0 Å². The van der Waals surface area contributed by atoms with Crippen LogP contribution in [-0.4, -0.2) is 60.8 Å². The first-order valence-corrected chi connectivity index (χ1v) is 11.6. The Labute approximate surface area is 206 Å². The quantitative estimate of drug-likeness (QED) is 0.356. The van der Waals surface area contributed by atoms with Crippen molar-refractivity contribution in [2.24, 2.45) is 7.05 Å². The number of pyridine rings is 1. The fourth-order valence-corrected chi connectivity index (χ4v) is 4.42. The topological polar surface area (TPSA) is 147 Å². The fraction of sp³-hybridized carbons (Fsp3) is 0.320. The van der Waals surface area contributed by atoms with Crippen LogP contribution in [0.15, 0.2) is 41.1 Å². The van der Waals surface area contributed by atoms with E-state index in [0.29, 0.717) is 42.4 Å². The number of aliphatic carboxylic acids is 1. The monoisotopic (exact) mass is 490 g/mol. The van der Waals surface area contributed by atoms with Crippen LogP contribution in [0.1, 0.15) is 34.8 Å². The third kappa shape index (κ3) is 4.65. The first-order valence-electron chi connectivity index (χ1n) is 11.6. The van der Waals surface area contributed by atoms with E-state index in [2.05, 4.69) is 20.3 Å². The van der Waals surface area contributed by atoms with Crippen LogP contribution in [0, 0.1) is 6.92 Å². The number of aromatic nitrogens is 4. The van der Waals surface area contributed by atoms with E-state index in [1.54, 1.807) is 12.3 Å². The number of carboxylic acid groups (broad SMARTS) is 1. The van der Waals surface area contributed by atoms with Gasteiger partial charge in [0, 0.05) is 44.0 Å². The summed E-state index contributed by atoms with van der Waals surface area (Å²) in [6, 6.07) is 7.26. The average Bonchev–Trinajstić information content (AvgIpc) is 3.57. The number of aliphatic hydroxyl groups excluding tert-OH is 1. The number of hydrogen-bond donors (Lipinski definition) is 3. The number of hydrogen-bond acceptors (Lipinski definition) is 8. The van der Waals surface area contributed by atoms with Crippen molar-refractivity contribution in [3.05, 3.63) is 53.9 Å². The van der Waals surface area contributed by atoms with E-state index < -0.39 is 18.0 Å². The summed E-state index contributed by atoms with van der Waals surface area (Å²) in [5.74, 6) is -0.379. The third-order valence-corrected chi connectivity index (χ3v) is 6.29. The highest BCUT2D eigenvalue weighted by Gasteiger charge is 2.25. The normalized spacial score (nSPS) is 15.5. The molecule has 11 heteroatoms. The molecular formula is C25H26N6O5. The molecule has 0 aliphatic carbocycles. The van der Waals surface area contributed by atoms with Crippen molar-refractivity contribution < 1.29 is 24.2 Å². The molecule has 186 valence electrons. The van der Waals surface area contributed by atoms with Crippen LogP contribution in [0.2, 0.25) is 0 Å². The van der Waals surface area contributed by atoms with E-state index in [4.69, 9.17) is 9.52 Å². The van der Waals surface area contributed by atoms with Gasteiger partial charge in [-0.25, -0.2) is 9.97 Å². The van der Waals surface area contributed by atoms with Crippen molar-refractivity contribution in [1.29, 1.82) is 0 Å². The number of amides is 1. The first kappa shape index (κ1) is 23.5. The van der Waals surface area contributed by atoms with Crippen molar-refractivity contribution >= 4 is 34.3 Å². The standard InChI is InChI=1S/C25H26N6O5/c1-14-9-15(5-7-26-14)25-29-19(13-36-25)24(35)28-18-10-20-17(11-21(18)31-8-6-16(32)12-31)27-22(30(20)2)3-4-23(33)34/h5,7,9-11,13,16,32H,3-4,6,8,12H2,1-2H3,(H,28,35)(H,33,34). The number of fused-ring (bicyclic) bond motifs is 1. The van der Waals surface area contributed by atoms with Gasteiger partial charge in [0.2, 0.25) is 5.89 Å². The van der Waals surface area contributed by atoms with Gasteiger partial charge in [0.25, 0.3) is 5.91 Å². The summed E-state index contributed by atoms with van der Waals surface area (Å²) in [5, 5.41) is 22.1. The largest absolute Gasteiger partial charge is 0.481 e. The molecule has 1 aliphatic rings. The molecule has 1 aromatic carbocycles. The van der Waals surface area contributed by atoms with Gasteiger partial charge in [-0.15, -0.1) is 0 Å². The number of rotatable bonds is 7. The van der Waals surface area contributed by atoms with Crippen LogP contribution >= 0.6 is 0 Å². The zero-order chi connectivity index (χ0) is 25.4. The highest BCUT2D eigenvalue weighted by Crippen LogP contribution is 2.34. The number of carbonyl (C=O) groups excluding carboxylic acids is 1. The molecule has 1 saturated heterocycles. The minimum Gasteiger partial charge on any atom is -0.481 e. The van der Waals surface area contributed by atoms with Crippen LogP contribution in [0.4, 0.5) is 11.4 Å². The number of oxazole rings is 1. The smallest absolute Gasteiger partial charge is 0.303 e. The number of aryl methyl sites for hydroxylation is 3. The summed E-state index contributed by atoms with van der Waals surface area (Å²) in [6.07, 6.45) is 3.38. The second kappa shape index (κ2) is 9.42. The Bertz CT molecular complexity index is 1460. The Morgan fingerprint density at radius 3 is 2.81 bits per heavy atom. The molecule has 0 saturated carbocycles. The summed E-state index contributed by atoms with van der Waals surface area (Å²) in [5.41, 5.74) is 4.35. The van der Waals surface area contributed by atoms with Gasteiger partial charge in [-0.3, -0.25) is 14.6 Å². The number of nitrogens with zero attached hydrogens (tertiary/aromatic N) is 5. The number of benzene rings is 1. The molecule has 4 aromatic rings. The molecule has 1 atom stereocenters. The molecule has 0 bridgehead atoms. The van der Waals surface area contributed by atoms with E-state index in [-0.39, 0.29) is 18.5 Å². The zero-order valence-corrected chi connectivity index (χ0v) is 19.9. The number of nitrogens with one attached hydrogen (secondary N) is 1. The van der Waals surface area contributed by atoms with Gasteiger partial charge in [0.15, 0.2) is 5.69 Å². The number of carbonyl (C=O) groups is 2. The van der Waals surface area contributed by atoms with Gasteiger partial charge in [0.1, 0.15) is 12.1 Å². The van der Waals surface area contributed by atoms with Gasteiger partial charge >= 0.3 is 5.97 Å². The van der Waals surface area contributed by atoms with Crippen LogP contribution in [0.3, 0.4) is 0 Å². The van der Waals surface area contributed by atoms with E-state index in [1.165, 1.54) is 6.26 Å². The molecule has 4 heterocycles. The lowest BCUT2D eigenvalue weighted by atomic mass is 10.2. The average molecular weight is 491 g/mol. The van der Waals surface area contributed by atoms with Crippen LogP contribution < -0.4 is 10.2 Å². The maximum Gasteiger partial charge on any atom is 0.303 e. The minimum absolute atomic E-state index is 0.0303. The zero-order valence-electron chi connectivity index (χ0n) is 19.9. The number of imidazole rings is 1. The molecule has 5 rings (SSSR count). The minimum atomic E-state index is -0.893. The van der Waals surface area contributed by atoms with E-state index >= 15 is 0 Å². The van der Waals surface area contributed by atoms with Crippen molar-refractivity contribution in [1.82, 2.24) is 19.5 Å². The van der Waals surface area contributed by atoms with Gasteiger partial charge in [0.05, 0.1) is 34.9 Å². The molecule has 11 nitrogen and oxygen atoms in total. The van der Waals surface area contributed by atoms with E-state index in [0.717, 1.165) is 22.5 Å². The number of aliphatic hydroxyl groups is 1. The lowest BCUT2D eigenvalue weighted by Gasteiger charge is -2.22. The predicted molar refractivity (Wildman–Crippen MR) is 132 cm³/mol. The molecule has 1 fully saturated rings. The SMILES string of the molecule is Cc1cc(-c2nc(C(=O)Nc3cc4c(cc3N3CCC(O)C3)nc(CCC(=O)O)n4C)co2)ccn1. The summed E-state index contributed by atoms with van der Waals surface area (Å²) < 4.78 is 7.37. The highest BCUT2D eigenvalue weighted by molar-refractivity contribution is 6.06. The fourth-order valence-electron chi connectivity index (χ4n) is 4.42. The predicted octanol–water partition coefficient (Wildman–Crippen LogP) is 2.77. The van der Waals surface area contributed by atoms with E-state index in [9.17, 15) is 14.7 Å². The van der Waals surface area contributed by atoms with Gasteiger partial charge in [-0.1, -0.05) is 0 Å². The van der Waals surface area contributed by atoms with Crippen molar-refractivity contribution in [3.8, 4) is 11.5 Å². The Morgan fingerprint density at radius 1 is 1.25 bits per heavy atom. The van der Waals surface area contributed by atoms with Crippen LogP contribution in [0.5, 0.6) is 0 Å². The Balaban J connectivity index is 1.48. The van der Waals surface area contributed by atoms with Crippen LogP contribution in [-0.2, 0) is 18.3 Å². The number of anilines is 2. The Hall–Kier alpha value is -4.25. The molecule has 0 spiro atoms. The van der Waals surface area contributed by atoms with Crippen molar-refractivity contribution in [2.75, 3.05) is 23.3 Å². The molecule has 1 amide bonds. The summed E-state index contributed by atoms with van der Waals surface area (Å²) in [4.78, 5) is 39.3. The molecule has 1 unspecified atom stereocenters. The second-order valence-electron chi connectivity index (χ2n) is 8.91. The lowest BCUT2D eigenvalue weighted by molar-refractivity contribution is -0.137.